The first-order valence-electron chi connectivity index (χ1n) is 10.2. The van der Waals surface area contributed by atoms with Crippen molar-refractivity contribution in [2.75, 3.05) is 21.0 Å². The average Bonchev–Trinajstić information content (AvgIpc) is 3.54. The number of aromatic nitrogens is 3. The summed E-state index contributed by atoms with van der Waals surface area (Å²) in [7, 11) is 2.88. The molecule has 0 N–H and O–H groups in total. The van der Waals surface area contributed by atoms with Crippen LogP contribution in [0.15, 0.2) is 35.1 Å². The van der Waals surface area contributed by atoms with Gasteiger partial charge in [-0.2, -0.15) is 4.52 Å². The largest absolute Gasteiger partial charge is 0.493 e. The fourth-order valence-corrected chi connectivity index (χ4v) is 4.63. The molecule has 34 heavy (non-hydrogen) atoms. The number of nitro groups is 1. The molecule has 0 spiro atoms. The van der Waals surface area contributed by atoms with E-state index < -0.39 is 4.92 Å². The van der Waals surface area contributed by atoms with Crippen LogP contribution in [0.5, 0.6) is 23.0 Å². The molecule has 4 aromatic rings. The molecule has 11 nitrogen and oxygen atoms in total. The Morgan fingerprint density at radius 3 is 2.74 bits per heavy atom. The SMILES string of the molecule is COc1cc(CCc2nc3s/c(=C\c4cccc5c4OCO5)c(=O)n3n2)c([N+](=O)[O-])cc1OC. The van der Waals surface area contributed by atoms with E-state index >= 15 is 0 Å². The number of nitrogens with zero attached hydrogens (tertiary/aromatic N) is 4. The van der Waals surface area contributed by atoms with Crippen molar-refractivity contribution in [1.29, 1.82) is 0 Å². The Hall–Kier alpha value is -4.19. The Labute approximate surface area is 195 Å². The Morgan fingerprint density at radius 2 is 2.00 bits per heavy atom. The second-order valence-corrected chi connectivity index (χ2v) is 8.32. The topological polar surface area (TPSA) is 127 Å². The third-order valence-electron chi connectivity index (χ3n) is 5.34. The zero-order valence-electron chi connectivity index (χ0n) is 18.1. The monoisotopic (exact) mass is 482 g/mol. The van der Waals surface area contributed by atoms with E-state index in [4.69, 9.17) is 18.9 Å². The van der Waals surface area contributed by atoms with Crippen LogP contribution in [-0.2, 0) is 12.8 Å². The van der Waals surface area contributed by atoms with Gasteiger partial charge in [0.2, 0.25) is 11.8 Å². The number of thiazole rings is 1. The van der Waals surface area contributed by atoms with Crippen LogP contribution in [0.1, 0.15) is 17.0 Å². The maximum absolute atomic E-state index is 12.9. The number of para-hydroxylation sites is 1. The molecule has 0 radical (unpaired) electrons. The van der Waals surface area contributed by atoms with Crippen molar-refractivity contribution in [2.24, 2.45) is 0 Å². The summed E-state index contributed by atoms with van der Waals surface area (Å²) < 4.78 is 23.0. The fourth-order valence-electron chi connectivity index (χ4n) is 3.71. The molecule has 0 saturated heterocycles. The Kier molecular flexibility index (Phi) is 5.49. The predicted molar refractivity (Wildman–Crippen MR) is 122 cm³/mol. The van der Waals surface area contributed by atoms with Gasteiger partial charge in [-0.3, -0.25) is 14.9 Å². The van der Waals surface area contributed by atoms with Gasteiger partial charge in [0.25, 0.3) is 11.2 Å². The first-order chi connectivity index (χ1) is 16.5. The maximum Gasteiger partial charge on any atom is 0.291 e. The summed E-state index contributed by atoms with van der Waals surface area (Å²) >= 11 is 1.21. The van der Waals surface area contributed by atoms with Crippen LogP contribution < -0.4 is 29.0 Å². The van der Waals surface area contributed by atoms with Crippen molar-refractivity contribution in [3.8, 4) is 23.0 Å². The van der Waals surface area contributed by atoms with Gasteiger partial charge in [0.1, 0.15) is 0 Å². The molecule has 1 aliphatic rings. The summed E-state index contributed by atoms with van der Waals surface area (Å²) in [6.45, 7) is 0.140. The average molecular weight is 482 g/mol. The molecule has 12 heteroatoms. The fraction of sp³-hybridized carbons (Fsp3) is 0.227. The molecule has 5 rings (SSSR count). The number of aryl methyl sites for hydroxylation is 2. The van der Waals surface area contributed by atoms with Crippen molar-refractivity contribution in [3.63, 3.8) is 0 Å². The van der Waals surface area contributed by atoms with Gasteiger partial charge in [-0.15, -0.1) is 5.10 Å². The van der Waals surface area contributed by atoms with Crippen molar-refractivity contribution in [1.82, 2.24) is 14.6 Å². The van der Waals surface area contributed by atoms with E-state index in [0.29, 0.717) is 44.6 Å². The predicted octanol–water partition coefficient (Wildman–Crippen LogP) is 2.14. The molecule has 0 aliphatic carbocycles. The highest BCUT2D eigenvalue weighted by molar-refractivity contribution is 7.15. The highest BCUT2D eigenvalue weighted by atomic mass is 32.1. The lowest BCUT2D eigenvalue weighted by atomic mass is 10.1. The summed E-state index contributed by atoms with van der Waals surface area (Å²) in [6, 6.07) is 8.37. The molecule has 174 valence electrons. The summed E-state index contributed by atoms with van der Waals surface area (Å²) in [5.41, 5.74) is 0.809. The molecule has 0 saturated carbocycles. The van der Waals surface area contributed by atoms with E-state index in [0.717, 1.165) is 5.56 Å². The molecule has 0 atom stereocenters. The van der Waals surface area contributed by atoms with Gasteiger partial charge >= 0.3 is 0 Å². The second-order valence-electron chi connectivity index (χ2n) is 7.31. The van der Waals surface area contributed by atoms with Gasteiger partial charge in [-0.1, -0.05) is 23.5 Å². The second kappa shape index (κ2) is 8.63. The lowest BCUT2D eigenvalue weighted by Gasteiger charge is -2.10. The number of ether oxygens (including phenoxy) is 4. The van der Waals surface area contributed by atoms with Crippen LogP contribution in [0.3, 0.4) is 0 Å². The van der Waals surface area contributed by atoms with E-state index in [1.165, 1.54) is 36.1 Å². The van der Waals surface area contributed by atoms with Crippen LogP contribution in [0, 0.1) is 10.1 Å². The van der Waals surface area contributed by atoms with E-state index in [9.17, 15) is 14.9 Å². The Balaban J connectivity index is 1.43. The number of nitro benzene ring substituents is 1. The molecule has 2 aromatic heterocycles. The number of rotatable bonds is 7. The summed E-state index contributed by atoms with van der Waals surface area (Å²) in [5, 5.41) is 15.8. The lowest BCUT2D eigenvalue weighted by molar-refractivity contribution is -0.385. The number of fused-ring (bicyclic) bond motifs is 2. The van der Waals surface area contributed by atoms with Gasteiger partial charge in [0, 0.05) is 17.5 Å². The molecule has 0 amide bonds. The van der Waals surface area contributed by atoms with Crippen LogP contribution in [0.4, 0.5) is 5.69 Å². The molecule has 1 aliphatic heterocycles. The smallest absolute Gasteiger partial charge is 0.291 e. The first-order valence-corrected chi connectivity index (χ1v) is 11.0. The van der Waals surface area contributed by atoms with E-state index in [1.807, 2.05) is 12.1 Å². The van der Waals surface area contributed by atoms with Crippen LogP contribution >= 0.6 is 11.3 Å². The lowest BCUT2D eigenvalue weighted by Crippen LogP contribution is -2.23. The molecule has 0 fully saturated rings. The molecular formula is C22H18N4O7S. The van der Waals surface area contributed by atoms with Crippen molar-refractivity contribution < 1.29 is 23.9 Å². The standard InChI is InChI=1S/C22H18N4O7S/c1-30-16-8-12(14(26(28)29)10-17(16)31-2)6-7-19-23-22-25(24-19)21(27)18(34-22)9-13-4-3-5-15-20(13)33-11-32-15/h3-5,8-10H,6-7,11H2,1-2H3/b18-9-. The maximum atomic E-state index is 12.9. The van der Waals surface area contributed by atoms with Gasteiger partial charge in [-0.25, -0.2) is 4.98 Å². The van der Waals surface area contributed by atoms with Crippen molar-refractivity contribution in [3.05, 3.63) is 72.3 Å². The summed E-state index contributed by atoms with van der Waals surface area (Å²) in [6.07, 6.45) is 2.32. The highest BCUT2D eigenvalue weighted by Crippen LogP contribution is 2.36. The Morgan fingerprint density at radius 1 is 1.21 bits per heavy atom. The molecule has 2 aromatic carbocycles. The summed E-state index contributed by atoms with van der Waals surface area (Å²) in [5.74, 6) is 2.31. The highest BCUT2D eigenvalue weighted by Gasteiger charge is 2.21. The van der Waals surface area contributed by atoms with Gasteiger partial charge in [-0.05, 0) is 24.6 Å². The minimum absolute atomic E-state index is 0.0818. The summed E-state index contributed by atoms with van der Waals surface area (Å²) in [4.78, 5) is 28.8. The molecular weight excluding hydrogens is 464 g/mol. The van der Waals surface area contributed by atoms with E-state index in [1.54, 1.807) is 18.2 Å². The van der Waals surface area contributed by atoms with Crippen LogP contribution in [-0.4, -0.2) is 40.5 Å². The third-order valence-corrected chi connectivity index (χ3v) is 6.30. The minimum atomic E-state index is -0.469. The van der Waals surface area contributed by atoms with Gasteiger partial charge < -0.3 is 18.9 Å². The number of hydrogen-bond acceptors (Lipinski definition) is 10. The molecule has 3 heterocycles. The number of benzene rings is 2. The molecule has 0 unspecified atom stereocenters. The van der Waals surface area contributed by atoms with Gasteiger partial charge in [0.05, 0.1) is 29.7 Å². The van der Waals surface area contributed by atoms with Gasteiger partial charge in [0.15, 0.2) is 28.8 Å². The quantitative estimate of drug-likeness (QED) is 0.287. The third kappa shape index (κ3) is 3.77. The van der Waals surface area contributed by atoms with Crippen LogP contribution in [0.2, 0.25) is 0 Å². The van der Waals surface area contributed by atoms with E-state index in [2.05, 4.69) is 10.1 Å². The van der Waals surface area contributed by atoms with E-state index in [-0.39, 0.29) is 30.2 Å². The zero-order chi connectivity index (χ0) is 23.8. The van der Waals surface area contributed by atoms with Crippen molar-refractivity contribution >= 4 is 28.1 Å². The first kappa shape index (κ1) is 21.6. The number of methoxy groups -OCH3 is 2. The zero-order valence-corrected chi connectivity index (χ0v) is 19.0. The minimum Gasteiger partial charge on any atom is -0.493 e. The Bertz CT molecular complexity index is 1530. The normalized spacial score (nSPS) is 12.9. The number of hydrogen-bond donors (Lipinski definition) is 0. The van der Waals surface area contributed by atoms with Crippen molar-refractivity contribution in [2.45, 2.75) is 12.8 Å². The van der Waals surface area contributed by atoms with Crippen LogP contribution in [0.25, 0.3) is 11.0 Å². The molecule has 0 bridgehead atoms.